The van der Waals surface area contributed by atoms with Crippen molar-refractivity contribution >= 4 is 21.4 Å². The number of pyridine rings is 1. The topological polar surface area (TPSA) is 105 Å². The standard InChI is InChI=1S/C16H18N4O4S/c1-17-25(23,24)13-6-7-15(16(10-13)20(21)22)19-9-3-5-14(19)12-4-2-8-18-11-12/h2,4,6-8,10-11,14,17H,3,5,9H2,1H3. The highest BCUT2D eigenvalue weighted by molar-refractivity contribution is 7.89. The molecule has 0 aliphatic carbocycles. The SMILES string of the molecule is CNS(=O)(=O)c1ccc(N2CCCC2c2cccnc2)c([N+](=O)[O-])c1. The van der Waals surface area contributed by atoms with Crippen LogP contribution in [0, 0.1) is 10.1 Å². The Bertz CT molecular complexity index is 886. The van der Waals surface area contributed by atoms with Crippen molar-refractivity contribution in [3.05, 3.63) is 58.4 Å². The molecule has 1 fully saturated rings. The van der Waals surface area contributed by atoms with Gasteiger partial charge in [-0.1, -0.05) is 6.07 Å². The maximum atomic E-state index is 11.9. The maximum Gasteiger partial charge on any atom is 0.293 e. The minimum Gasteiger partial charge on any atom is -0.359 e. The Morgan fingerprint density at radius 2 is 2.16 bits per heavy atom. The molecular formula is C16H18N4O4S. The highest BCUT2D eigenvalue weighted by Gasteiger charge is 2.32. The minimum atomic E-state index is -3.74. The van der Waals surface area contributed by atoms with E-state index < -0.39 is 14.9 Å². The van der Waals surface area contributed by atoms with Crippen LogP contribution < -0.4 is 9.62 Å². The Balaban J connectivity index is 2.06. The summed E-state index contributed by atoms with van der Waals surface area (Å²) >= 11 is 0. The van der Waals surface area contributed by atoms with Gasteiger partial charge in [-0.25, -0.2) is 13.1 Å². The third-order valence-electron chi connectivity index (χ3n) is 4.35. The molecule has 1 unspecified atom stereocenters. The van der Waals surface area contributed by atoms with Gasteiger partial charge in [0.05, 0.1) is 15.9 Å². The van der Waals surface area contributed by atoms with Gasteiger partial charge in [0, 0.05) is 25.0 Å². The van der Waals surface area contributed by atoms with Crippen LogP contribution in [0.2, 0.25) is 0 Å². The molecular weight excluding hydrogens is 344 g/mol. The predicted octanol–water partition coefficient (Wildman–Crippen LogP) is 2.24. The summed E-state index contributed by atoms with van der Waals surface area (Å²) in [6.45, 7) is 0.665. The summed E-state index contributed by atoms with van der Waals surface area (Å²) in [5.74, 6) is 0. The van der Waals surface area contributed by atoms with Gasteiger partial charge in [0.1, 0.15) is 5.69 Å². The lowest BCUT2D eigenvalue weighted by Gasteiger charge is -2.26. The molecule has 1 aromatic heterocycles. The Labute approximate surface area is 145 Å². The number of aromatic nitrogens is 1. The van der Waals surface area contributed by atoms with Crippen LogP contribution in [-0.4, -0.2) is 31.9 Å². The Kier molecular flexibility index (Phi) is 4.69. The molecule has 0 amide bonds. The Morgan fingerprint density at radius 1 is 1.36 bits per heavy atom. The molecule has 2 heterocycles. The van der Waals surface area contributed by atoms with Crippen LogP contribution in [0.1, 0.15) is 24.4 Å². The molecule has 1 aliphatic heterocycles. The number of hydrogen-bond donors (Lipinski definition) is 1. The second-order valence-corrected chi connectivity index (χ2v) is 7.64. The summed E-state index contributed by atoms with van der Waals surface area (Å²) < 4.78 is 26.1. The summed E-state index contributed by atoms with van der Waals surface area (Å²) in [5.41, 5.74) is 1.19. The van der Waals surface area contributed by atoms with Crippen molar-refractivity contribution in [3.8, 4) is 0 Å². The van der Waals surface area contributed by atoms with Crippen molar-refractivity contribution in [2.24, 2.45) is 0 Å². The van der Waals surface area contributed by atoms with E-state index >= 15 is 0 Å². The fourth-order valence-electron chi connectivity index (χ4n) is 3.15. The summed E-state index contributed by atoms with van der Waals surface area (Å²) in [7, 11) is -2.47. The number of nitrogens with zero attached hydrogens (tertiary/aromatic N) is 3. The lowest BCUT2D eigenvalue weighted by atomic mass is 10.1. The van der Waals surface area contributed by atoms with Crippen LogP contribution in [0.3, 0.4) is 0 Å². The fraction of sp³-hybridized carbons (Fsp3) is 0.312. The molecule has 1 aromatic carbocycles. The van der Waals surface area contributed by atoms with E-state index in [2.05, 4.69) is 9.71 Å². The van der Waals surface area contributed by atoms with E-state index in [0.29, 0.717) is 12.2 Å². The first-order valence-electron chi connectivity index (χ1n) is 7.82. The van der Waals surface area contributed by atoms with E-state index in [1.165, 1.54) is 19.2 Å². The largest absolute Gasteiger partial charge is 0.359 e. The number of nitro groups is 1. The third-order valence-corrected chi connectivity index (χ3v) is 5.77. The van der Waals surface area contributed by atoms with Gasteiger partial charge in [-0.3, -0.25) is 15.1 Å². The van der Waals surface area contributed by atoms with Gasteiger partial charge < -0.3 is 4.90 Å². The lowest BCUT2D eigenvalue weighted by molar-refractivity contribution is -0.384. The number of hydrogen-bond acceptors (Lipinski definition) is 6. The van der Waals surface area contributed by atoms with E-state index in [4.69, 9.17) is 0 Å². The summed E-state index contributed by atoms with van der Waals surface area (Å²) in [6, 6.07) is 7.79. The van der Waals surface area contributed by atoms with E-state index in [1.54, 1.807) is 12.4 Å². The highest BCUT2D eigenvalue weighted by Crippen LogP contribution is 2.40. The summed E-state index contributed by atoms with van der Waals surface area (Å²) in [4.78, 5) is 17.0. The Hall–Kier alpha value is -2.52. The first-order chi connectivity index (χ1) is 11.9. The van der Waals surface area contributed by atoms with E-state index in [0.717, 1.165) is 24.5 Å². The van der Waals surface area contributed by atoms with Gasteiger partial charge in [0.2, 0.25) is 10.0 Å². The van der Waals surface area contributed by atoms with Gasteiger partial charge in [0.15, 0.2) is 0 Å². The zero-order valence-electron chi connectivity index (χ0n) is 13.6. The minimum absolute atomic E-state index is 0.0147. The molecule has 1 aliphatic rings. The molecule has 0 spiro atoms. The molecule has 8 nitrogen and oxygen atoms in total. The van der Waals surface area contributed by atoms with Crippen molar-refractivity contribution in [3.63, 3.8) is 0 Å². The molecule has 25 heavy (non-hydrogen) atoms. The fourth-order valence-corrected chi connectivity index (χ4v) is 3.90. The van der Waals surface area contributed by atoms with Gasteiger partial charge in [-0.15, -0.1) is 0 Å². The second-order valence-electron chi connectivity index (χ2n) is 5.75. The van der Waals surface area contributed by atoms with Crippen LogP contribution in [0.25, 0.3) is 0 Å². The van der Waals surface area contributed by atoms with Crippen LogP contribution in [-0.2, 0) is 10.0 Å². The lowest BCUT2D eigenvalue weighted by Crippen LogP contribution is -2.24. The first-order valence-corrected chi connectivity index (χ1v) is 9.31. The van der Waals surface area contributed by atoms with Gasteiger partial charge in [-0.2, -0.15) is 0 Å². The maximum absolute atomic E-state index is 11.9. The normalized spacial score (nSPS) is 17.6. The molecule has 1 saturated heterocycles. The van der Waals surface area contributed by atoms with Gasteiger partial charge >= 0.3 is 0 Å². The second kappa shape index (κ2) is 6.77. The predicted molar refractivity (Wildman–Crippen MR) is 92.9 cm³/mol. The van der Waals surface area contributed by atoms with Crippen LogP contribution >= 0.6 is 0 Å². The van der Waals surface area contributed by atoms with E-state index in [1.807, 2.05) is 17.0 Å². The summed E-state index contributed by atoms with van der Waals surface area (Å²) in [6.07, 6.45) is 5.20. The zero-order chi connectivity index (χ0) is 18.0. The third kappa shape index (κ3) is 3.33. The van der Waals surface area contributed by atoms with Gasteiger partial charge in [0.25, 0.3) is 5.69 Å². The van der Waals surface area contributed by atoms with Crippen LogP contribution in [0.15, 0.2) is 47.6 Å². The number of nitrogens with one attached hydrogen (secondary N) is 1. The quantitative estimate of drug-likeness (QED) is 0.646. The van der Waals surface area contributed by atoms with E-state index in [9.17, 15) is 18.5 Å². The van der Waals surface area contributed by atoms with Crippen LogP contribution in [0.4, 0.5) is 11.4 Å². The molecule has 0 radical (unpaired) electrons. The van der Waals surface area contributed by atoms with Crippen molar-refractivity contribution in [2.75, 3.05) is 18.5 Å². The average molecular weight is 362 g/mol. The number of nitro benzene ring substituents is 1. The summed E-state index contributed by atoms with van der Waals surface area (Å²) in [5, 5.41) is 11.5. The number of rotatable bonds is 5. The number of benzene rings is 1. The molecule has 2 aromatic rings. The molecule has 1 atom stereocenters. The number of anilines is 1. The zero-order valence-corrected chi connectivity index (χ0v) is 14.4. The average Bonchev–Trinajstić information content (AvgIpc) is 3.11. The van der Waals surface area contributed by atoms with Crippen molar-refractivity contribution in [1.29, 1.82) is 0 Å². The van der Waals surface area contributed by atoms with Crippen molar-refractivity contribution in [2.45, 2.75) is 23.8 Å². The first kappa shape index (κ1) is 17.3. The molecule has 3 rings (SSSR count). The molecule has 132 valence electrons. The van der Waals surface area contributed by atoms with Crippen molar-refractivity contribution in [1.82, 2.24) is 9.71 Å². The van der Waals surface area contributed by atoms with Crippen molar-refractivity contribution < 1.29 is 13.3 Å². The smallest absolute Gasteiger partial charge is 0.293 e. The Morgan fingerprint density at radius 3 is 2.80 bits per heavy atom. The van der Waals surface area contributed by atoms with Crippen LogP contribution in [0.5, 0.6) is 0 Å². The van der Waals surface area contributed by atoms with E-state index in [-0.39, 0.29) is 16.6 Å². The molecule has 0 bridgehead atoms. The molecule has 1 N–H and O–H groups in total. The highest BCUT2D eigenvalue weighted by atomic mass is 32.2. The number of sulfonamides is 1. The molecule has 0 saturated carbocycles. The molecule has 9 heteroatoms. The van der Waals surface area contributed by atoms with Gasteiger partial charge in [-0.05, 0) is 43.7 Å². The monoisotopic (exact) mass is 362 g/mol.